The van der Waals surface area contributed by atoms with E-state index in [1.54, 1.807) is 55.3 Å². The van der Waals surface area contributed by atoms with E-state index in [1.807, 2.05) is 19.1 Å². The summed E-state index contributed by atoms with van der Waals surface area (Å²) in [6, 6.07) is 13.9. The first-order valence-corrected chi connectivity index (χ1v) is 11.3. The fourth-order valence-corrected chi connectivity index (χ4v) is 4.44. The van der Waals surface area contributed by atoms with E-state index in [1.165, 1.54) is 0 Å². The van der Waals surface area contributed by atoms with E-state index in [9.17, 15) is 18.4 Å². The summed E-state index contributed by atoms with van der Waals surface area (Å²) < 4.78 is 37.1. The van der Waals surface area contributed by atoms with Gasteiger partial charge < -0.3 is 14.4 Å². The van der Waals surface area contributed by atoms with Crippen LogP contribution >= 0.6 is 0 Å². The van der Waals surface area contributed by atoms with Gasteiger partial charge in [-0.05, 0) is 50.1 Å². The lowest BCUT2D eigenvalue weighted by Gasteiger charge is -2.34. The highest BCUT2D eigenvalue weighted by Crippen LogP contribution is 2.46. The van der Waals surface area contributed by atoms with Gasteiger partial charge in [0.1, 0.15) is 17.3 Å². The molecule has 172 valence electrons. The molecule has 0 radical (unpaired) electrons. The van der Waals surface area contributed by atoms with E-state index in [0.717, 1.165) is 5.56 Å². The summed E-state index contributed by atoms with van der Waals surface area (Å²) in [5.74, 6) is -0.199. The van der Waals surface area contributed by atoms with E-state index in [4.69, 9.17) is 13.7 Å². The van der Waals surface area contributed by atoms with Crippen LogP contribution in [0, 0.1) is 12.3 Å². The van der Waals surface area contributed by atoms with Crippen molar-refractivity contribution in [2.45, 2.75) is 26.4 Å². The number of rotatable bonds is 8. The van der Waals surface area contributed by atoms with Gasteiger partial charge in [-0.3, -0.25) is 18.3 Å². The highest BCUT2D eigenvalue weighted by molar-refractivity contribution is 7.74. The molecule has 0 spiro atoms. The van der Waals surface area contributed by atoms with Crippen molar-refractivity contribution in [3.05, 3.63) is 65.2 Å². The molecular weight excluding hydrogens is 434 g/mol. The number of aryl methyl sites for hydroxylation is 1. The zero-order valence-corrected chi connectivity index (χ0v) is 19.1. The standard InChI is InChI=1S/C23H27NO7S/c1-4-30-22(26)23(20(31-32(27)28)17-7-5-16(2)6-8-17)13-14-24(15-23)21(25)18-9-11-19(29-3)12-10-18/h5-12,20H,4,13-15H2,1-3H3,(H,27,28). The Labute approximate surface area is 190 Å². The van der Waals surface area contributed by atoms with Gasteiger partial charge >= 0.3 is 17.3 Å². The minimum atomic E-state index is -2.63. The molecule has 9 heteroatoms. The molecule has 8 nitrogen and oxygen atoms in total. The minimum absolute atomic E-state index is 0.00750. The maximum Gasteiger partial charge on any atom is 0.317 e. The van der Waals surface area contributed by atoms with Crippen molar-refractivity contribution in [3.8, 4) is 5.75 Å². The van der Waals surface area contributed by atoms with Crippen molar-refractivity contribution >= 4 is 23.2 Å². The Hall–Kier alpha value is -2.75. The van der Waals surface area contributed by atoms with Gasteiger partial charge in [-0.15, -0.1) is 0 Å². The predicted octanol–water partition coefficient (Wildman–Crippen LogP) is 3.29. The summed E-state index contributed by atoms with van der Waals surface area (Å²) in [7, 11) is 1.54. The lowest BCUT2D eigenvalue weighted by Crippen LogP contribution is -2.43. The van der Waals surface area contributed by atoms with Crippen LogP contribution in [0.2, 0.25) is 0 Å². The molecule has 0 bridgehead atoms. The molecular formula is C23H27NO7S. The third-order valence-electron chi connectivity index (χ3n) is 5.67. The first-order chi connectivity index (χ1) is 15.3. The van der Waals surface area contributed by atoms with Gasteiger partial charge in [0.05, 0.1) is 13.7 Å². The third-order valence-corrected chi connectivity index (χ3v) is 6.02. The number of esters is 1. The first-order valence-electron chi connectivity index (χ1n) is 10.3. The molecule has 1 amide bonds. The second-order valence-electron chi connectivity index (χ2n) is 7.69. The van der Waals surface area contributed by atoms with Crippen LogP contribution in [0.5, 0.6) is 5.75 Å². The van der Waals surface area contributed by atoms with Gasteiger partial charge in [0.2, 0.25) is 0 Å². The van der Waals surface area contributed by atoms with Gasteiger partial charge in [0, 0.05) is 18.7 Å². The van der Waals surface area contributed by atoms with E-state index in [2.05, 4.69) is 0 Å². The van der Waals surface area contributed by atoms with Crippen LogP contribution in [0.1, 0.15) is 40.9 Å². The molecule has 2 aromatic rings. The van der Waals surface area contributed by atoms with Crippen LogP contribution in [0.3, 0.4) is 0 Å². The van der Waals surface area contributed by atoms with Crippen LogP contribution in [0.15, 0.2) is 48.5 Å². The van der Waals surface area contributed by atoms with Gasteiger partial charge in [-0.1, -0.05) is 29.8 Å². The van der Waals surface area contributed by atoms with Crippen LogP contribution in [-0.4, -0.2) is 52.3 Å². The average molecular weight is 462 g/mol. The predicted molar refractivity (Wildman–Crippen MR) is 118 cm³/mol. The van der Waals surface area contributed by atoms with E-state index < -0.39 is 28.8 Å². The Morgan fingerprint density at radius 2 is 1.81 bits per heavy atom. The molecule has 32 heavy (non-hydrogen) atoms. The summed E-state index contributed by atoms with van der Waals surface area (Å²) in [5.41, 5.74) is 0.672. The average Bonchev–Trinajstić information content (AvgIpc) is 3.24. The molecule has 1 saturated heterocycles. The van der Waals surface area contributed by atoms with Crippen molar-refractivity contribution in [3.63, 3.8) is 0 Å². The van der Waals surface area contributed by atoms with Crippen LogP contribution in [0.4, 0.5) is 0 Å². The molecule has 0 aliphatic carbocycles. The number of amides is 1. The molecule has 0 aromatic heterocycles. The van der Waals surface area contributed by atoms with E-state index >= 15 is 0 Å². The lowest BCUT2D eigenvalue weighted by molar-refractivity contribution is -0.160. The molecule has 1 fully saturated rings. The number of carbonyl (C=O) groups is 2. The van der Waals surface area contributed by atoms with Crippen molar-refractivity contribution in [2.75, 3.05) is 26.8 Å². The second kappa shape index (κ2) is 10.2. The molecule has 1 aliphatic heterocycles. The number of hydrogen-bond donors (Lipinski definition) is 1. The molecule has 0 saturated carbocycles. The maximum atomic E-state index is 13.2. The van der Waals surface area contributed by atoms with Crippen LogP contribution < -0.4 is 4.74 Å². The molecule has 3 rings (SSSR count). The van der Waals surface area contributed by atoms with Gasteiger partial charge in [0.15, 0.2) is 0 Å². The number of ether oxygens (including phenoxy) is 2. The Kier molecular flexibility index (Phi) is 7.65. The largest absolute Gasteiger partial charge is 0.497 e. The summed E-state index contributed by atoms with van der Waals surface area (Å²) in [4.78, 5) is 27.9. The molecule has 3 unspecified atom stereocenters. The van der Waals surface area contributed by atoms with Crippen molar-refractivity contribution in [1.29, 1.82) is 0 Å². The Balaban J connectivity index is 1.97. The number of hydrogen-bond acceptors (Lipinski definition) is 6. The zero-order valence-electron chi connectivity index (χ0n) is 18.3. The van der Waals surface area contributed by atoms with Gasteiger partial charge in [0.25, 0.3) is 5.91 Å². The highest BCUT2D eigenvalue weighted by Gasteiger charge is 2.55. The molecule has 1 N–H and O–H groups in total. The number of benzene rings is 2. The summed E-state index contributed by atoms with van der Waals surface area (Å²) >= 11 is -2.63. The normalized spacial score (nSPS) is 19.9. The Bertz CT molecular complexity index is 977. The van der Waals surface area contributed by atoms with Crippen molar-refractivity contribution in [1.82, 2.24) is 4.90 Å². The SMILES string of the molecule is CCOC(=O)C1(C(OS(=O)O)c2ccc(C)cc2)CCN(C(=O)c2ccc(OC)cc2)C1. The van der Waals surface area contributed by atoms with E-state index in [0.29, 0.717) is 16.9 Å². The monoisotopic (exact) mass is 461 g/mol. The zero-order chi connectivity index (χ0) is 23.3. The molecule has 1 aliphatic rings. The van der Waals surface area contributed by atoms with Gasteiger partial charge in [-0.25, -0.2) is 0 Å². The van der Waals surface area contributed by atoms with Gasteiger partial charge in [-0.2, -0.15) is 4.21 Å². The Morgan fingerprint density at radius 1 is 1.16 bits per heavy atom. The quantitative estimate of drug-likeness (QED) is 0.475. The van der Waals surface area contributed by atoms with E-state index in [-0.39, 0.29) is 32.0 Å². The summed E-state index contributed by atoms with van der Waals surface area (Å²) in [5, 5.41) is 0. The fourth-order valence-electron chi connectivity index (χ4n) is 3.98. The molecule has 2 aromatic carbocycles. The third kappa shape index (κ3) is 5.01. The first kappa shape index (κ1) is 23.9. The van der Waals surface area contributed by atoms with Crippen LogP contribution in [0.25, 0.3) is 0 Å². The second-order valence-corrected chi connectivity index (χ2v) is 8.31. The topological polar surface area (TPSA) is 102 Å². The number of nitrogens with zero attached hydrogens (tertiary/aromatic N) is 1. The number of carbonyl (C=O) groups excluding carboxylic acids is 2. The number of methoxy groups -OCH3 is 1. The Morgan fingerprint density at radius 3 is 2.38 bits per heavy atom. The highest BCUT2D eigenvalue weighted by atomic mass is 32.2. The maximum absolute atomic E-state index is 13.2. The number of likely N-dealkylation sites (tertiary alicyclic amines) is 1. The molecule has 1 heterocycles. The summed E-state index contributed by atoms with van der Waals surface area (Å²) in [6.45, 7) is 4.00. The van der Waals surface area contributed by atoms with Crippen molar-refractivity contribution in [2.24, 2.45) is 5.41 Å². The lowest BCUT2D eigenvalue weighted by atomic mass is 9.78. The summed E-state index contributed by atoms with van der Waals surface area (Å²) in [6.07, 6.45) is -0.842. The van der Waals surface area contributed by atoms with Crippen molar-refractivity contribution < 1.29 is 32.0 Å². The van der Waals surface area contributed by atoms with Crippen LogP contribution in [-0.2, 0) is 25.1 Å². The molecule has 3 atom stereocenters. The fraction of sp³-hybridized carbons (Fsp3) is 0.391. The minimum Gasteiger partial charge on any atom is -0.497 e. The smallest absolute Gasteiger partial charge is 0.317 e.